The molecule has 1 aliphatic carbocycles. The van der Waals surface area contributed by atoms with Crippen LogP contribution in [0.3, 0.4) is 0 Å². The van der Waals surface area contributed by atoms with Crippen molar-refractivity contribution in [1.82, 2.24) is 10.2 Å². The van der Waals surface area contributed by atoms with Gasteiger partial charge in [-0.3, -0.25) is 10.1 Å². The molecule has 0 aromatic carbocycles. The van der Waals surface area contributed by atoms with Crippen LogP contribution in [0, 0.1) is 0 Å². The van der Waals surface area contributed by atoms with Crippen molar-refractivity contribution in [3.8, 4) is 0 Å². The maximum absolute atomic E-state index is 11.8. The minimum Gasteiger partial charge on any atom is -0.479 e. The monoisotopic (exact) mass is 267 g/mol. The summed E-state index contributed by atoms with van der Waals surface area (Å²) in [4.78, 5) is 22.5. The highest BCUT2D eigenvalue weighted by molar-refractivity contribution is 5.93. The SMILES string of the molecule is O=C(Nc1nnc(C2CC2)o1)[C@@H]1CC[C@H](C(=O)O)O1. The first-order valence-electron chi connectivity index (χ1n) is 6.16. The van der Waals surface area contributed by atoms with Crippen LogP contribution in [0.15, 0.2) is 4.42 Å². The number of hydrogen-bond acceptors (Lipinski definition) is 6. The Morgan fingerprint density at radius 3 is 2.53 bits per heavy atom. The van der Waals surface area contributed by atoms with Crippen LogP contribution in [-0.2, 0) is 14.3 Å². The zero-order valence-electron chi connectivity index (χ0n) is 10.0. The fourth-order valence-electron chi connectivity index (χ4n) is 1.98. The number of carboxylic acids is 1. The van der Waals surface area contributed by atoms with Gasteiger partial charge in [-0.25, -0.2) is 4.79 Å². The summed E-state index contributed by atoms with van der Waals surface area (Å²) in [6.07, 6.45) is 1.05. The lowest BCUT2D eigenvalue weighted by atomic mass is 10.2. The molecule has 8 heteroatoms. The number of amides is 1. The molecule has 1 aromatic heterocycles. The number of carboxylic acid groups (broad SMARTS) is 1. The van der Waals surface area contributed by atoms with E-state index in [-0.39, 0.29) is 6.01 Å². The number of aliphatic carboxylic acids is 1. The van der Waals surface area contributed by atoms with E-state index in [1.165, 1.54) is 0 Å². The van der Waals surface area contributed by atoms with Gasteiger partial charge in [0.05, 0.1) is 0 Å². The van der Waals surface area contributed by atoms with E-state index in [9.17, 15) is 9.59 Å². The third kappa shape index (κ3) is 2.58. The van der Waals surface area contributed by atoms with Gasteiger partial charge in [0.15, 0.2) is 6.10 Å². The van der Waals surface area contributed by atoms with Crippen molar-refractivity contribution >= 4 is 17.9 Å². The van der Waals surface area contributed by atoms with E-state index in [0.717, 1.165) is 12.8 Å². The summed E-state index contributed by atoms with van der Waals surface area (Å²) in [7, 11) is 0. The first-order chi connectivity index (χ1) is 9.13. The normalized spacial score (nSPS) is 26.3. The van der Waals surface area contributed by atoms with Crippen molar-refractivity contribution in [2.75, 3.05) is 5.32 Å². The summed E-state index contributed by atoms with van der Waals surface area (Å²) in [6.45, 7) is 0. The Hall–Kier alpha value is -1.96. The van der Waals surface area contributed by atoms with Crippen molar-refractivity contribution in [2.45, 2.75) is 43.8 Å². The topological polar surface area (TPSA) is 115 Å². The smallest absolute Gasteiger partial charge is 0.332 e. The van der Waals surface area contributed by atoms with Gasteiger partial charge in [-0.2, -0.15) is 0 Å². The number of carbonyl (C=O) groups excluding carboxylic acids is 1. The zero-order chi connectivity index (χ0) is 13.4. The molecule has 2 atom stereocenters. The number of nitrogens with one attached hydrogen (secondary N) is 1. The van der Waals surface area contributed by atoms with Crippen molar-refractivity contribution < 1.29 is 23.8 Å². The van der Waals surface area contributed by atoms with Crippen molar-refractivity contribution in [3.05, 3.63) is 5.89 Å². The second-order valence-corrected chi connectivity index (χ2v) is 4.74. The van der Waals surface area contributed by atoms with Gasteiger partial charge in [0.2, 0.25) is 5.89 Å². The standard InChI is InChI=1S/C11H13N3O5/c15-8(6-3-4-7(18-6)10(16)17)12-11-14-13-9(19-11)5-1-2-5/h5-7H,1-4H2,(H,16,17)(H,12,14,15)/t6-,7+/m0/s1. The first-order valence-corrected chi connectivity index (χ1v) is 6.16. The molecule has 0 bridgehead atoms. The summed E-state index contributed by atoms with van der Waals surface area (Å²) < 4.78 is 10.4. The maximum Gasteiger partial charge on any atom is 0.332 e. The first kappa shape index (κ1) is 12.1. The molecule has 19 heavy (non-hydrogen) atoms. The van der Waals surface area contributed by atoms with Crippen LogP contribution in [0.2, 0.25) is 0 Å². The minimum atomic E-state index is -1.05. The number of hydrogen-bond donors (Lipinski definition) is 2. The average Bonchev–Trinajstić information content (AvgIpc) is 2.92. The predicted octanol–water partition coefficient (Wildman–Crippen LogP) is 0.518. The molecule has 2 aliphatic rings. The fourth-order valence-corrected chi connectivity index (χ4v) is 1.98. The molecule has 2 N–H and O–H groups in total. The second-order valence-electron chi connectivity index (χ2n) is 4.74. The van der Waals surface area contributed by atoms with E-state index in [2.05, 4.69) is 15.5 Å². The Morgan fingerprint density at radius 2 is 1.89 bits per heavy atom. The van der Waals surface area contributed by atoms with Crippen molar-refractivity contribution in [1.29, 1.82) is 0 Å². The molecule has 1 saturated carbocycles. The van der Waals surface area contributed by atoms with Gasteiger partial charge in [-0.05, 0) is 25.7 Å². The van der Waals surface area contributed by atoms with Gasteiger partial charge in [-0.15, -0.1) is 5.10 Å². The highest BCUT2D eigenvalue weighted by Crippen LogP contribution is 2.39. The molecule has 8 nitrogen and oxygen atoms in total. The number of ether oxygens (including phenoxy) is 1. The number of anilines is 1. The van der Waals surface area contributed by atoms with E-state index >= 15 is 0 Å². The minimum absolute atomic E-state index is 0.0364. The lowest BCUT2D eigenvalue weighted by molar-refractivity contribution is -0.150. The van der Waals surface area contributed by atoms with Crippen molar-refractivity contribution in [2.24, 2.45) is 0 Å². The Bertz CT molecular complexity index is 510. The van der Waals surface area contributed by atoms with Crippen molar-refractivity contribution in [3.63, 3.8) is 0 Å². The van der Waals surface area contributed by atoms with Crippen LogP contribution in [0.5, 0.6) is 0 Å². The largest absolute Gasteiger partial charge is 0.479 e. The second kappa shape index (κ2) is 4.61. The van der Waals surface area contributed by atoms with E-state index < -0.39 is 24.1 Å². The van der Waals surface area contributed by atoms with Gasteiger partial charge < -0.3 is 14.3 Å². The van der Waals surface area contributed by atoms with Gasteiger partial charge in [-0.1, -0.05) is 5.10 Å². The number of rotatable bonds is 4. The molecule has 1 saturated heterocycles. The van der Waals surface area contributed by atoms with E-state index in [4.69, 9.17) is 14.3 Å². The number of aromatic nitrogens is 2. The average molecular weight is 267 g/mol. The molecule has 0 spiro atoms. The summed E-state index contributed by atoms with van der Waals surface area (Å²) in [6, 6.07) is 0.0364. The van der Waals surface area contributed by atoms with Crippen LogP contribution in [0.4, 0.5) is 6.01 Å². The molecule has 2 fully saturated rings. The van der Waals surface area contributed by atoms with Gasteiger partial charge >= 0.3 is 12.0 Å². The molecule has 0 unspecified atom stereocenters. The predicted molar refractivity (Wildman–Crippen MR) is 60.4 cm³/mol. The summed E-state index contributed by atoms with van der Waals surface area (Å²) in [5.41, 5.74) is 0. The van der Waals surface area contributed by atoms with Gasteiger partial charge in [0.25, 0.3) is 5.91 Å². The summed E-state index contributed by atoms with van der Waals surface area (Å²) >= 11 is 0. The van der Waals surface area contributed by atoms with Crippen LogP contribution in [0.25, 0.3) is 0 Å². The van der Waals surface area contributed by atoms with Crippen LogP contribution < -0.4 is 5.32 Å². The Labute approximate surface area is 108 Å². The Morgan fingerprint density at radius 1 is 1.16 bits per heavy atom. The Kier molecular flexibility index (Phi) is 2.94. The molecule has 1 amide bonds. The van der Waals surface area contributed by atoms with E-state index in [1.807, 2.05) is 0 Å². The molecule has 3 rings (SSSR count). The highest BCUT2D eigenvalue weighted by Gasteiger charge is 2.35. The molecule has 0 radical (unpaired) electrons. The van der Waals surface area contributed by atoms with E-state index in [1.54, 1.807) is 0 Å². The van der Waals surface area contributed by atoms with Crippen LogP contribution >= 0.6 is 0 Å². The van der Waals surface area contributed by atoms with Gasteiger partial charge in [0, 0.05) is 5.92 Å². The third-order valence-corrected chi connectivity index (χ3v) is 3.18. The zero-order valence-corrected chi connectivity index (χ0v) is 10.0. The highest BCUT2D eigenvalue weighted by atomic mass is 16.5. The fraction of sp³-hybridized carbons (Fsp3) is 0.636. The summed E-state index contributed by atoms with van der Waals surface area (Å²) in [5, 5.41) is 18.8. The molecule has 102 valence electrons. The van der Waals surface area contributed by atoms with Gasteiger partial charge in [0.1, 0.15) is 6.10 Å². The summed E-state index contributed by atoms with van der Waals surface area (Å²) in [5.74, 6) is -0.651. The molecule has 1 aliphatic heterocycles. The number of carbonyl (C=O) groups is 2. The lowest BCUT2D eigenvalue weighted by Crippen LogP contribution is -2.30. The quantitative estimate of drug-likeness (QED) is 0.817. The third-order valence-electron chi connectivity index (χ3n) is 3.18. The molecular formula is C11H13N3O5. The lowest BCUT2D eigenvalue weighted by Gasteiger charge is -2.09. The maximum atomic E-state index is 11.8. The molecule has 1 aromatic rings. The molecular weight excluding hydrogens is 254 g/mol. The number of nitrogens with zero attached hydrogens (tertiary/aromatic N) is 2. The van der Waals surface area contributed by atoms with Crippen LogP contribution in [0.1, 0.15) is 37.5 Å². The Balaban J connectivity index is 1.57. The van der Waals surface area contributed by atoms with Crippen LogP contribution in [-0.4, -0.2) is 39.4 Å². The van der Waals surface area contributed by atoms with E-state index in [0.29, 0.717) is 24.7 Å². The molecule has 2 heterocycles.